The minimum absolute atomic E-state index is 0.0262. The number of hydrogen-bond acceptors (Lipinski definition) is 7. The lowest BCUT2D eigenvalue weighted by molar-refractivity contribution is 0.868. The van der Waals surface area contributed by atoms with Crippen LogP contribution in [0.15, 0.2) is 75.0 Å². The molecule has 0 spiro atoms. The van der Waals surface area contributed by atoms with Crippen molar-refractivity contribution in [3.05, 3.63) is 83.9 Å². The molecule has 0 saturated carbocycles. The molecule has 2 aromatic carbocycles. The molecule has 1 unspecified atom stereocenters. The maximum Gasteiger partial charge on any atom is 0.130 e. The van der Waals surface area contributed by atoms with Gasteiger partial charge in [0, 0.05) is 40.5 Å². The van der Waals surface area contributed by atoms with E-state index in [1.165, 1.54) is 4.90 Å². The van der Waals surface area contributed by atoms with E-state index in [0.717, 1.165) is 45.3 Å². The average Bonchev–Trinajstić information content (AvgIpc) is 3.32. The zero-order chi connectivity index (χ0) is 22.8. The van der Waals surface area contributed by atoms with Crippen LogP contribution in [0.1, 0.15) is 29.9 Å². The zero-order valence-electron chi connectivity index (χ0n) is 18.0. The highest BCUT2D eigenvalue weighted by atomic mass is 127. The number of nitrogens with zero attached hydrogens (tertiary/aromatic N) is 5. The molecule has 1 aliphatic rings. The molecule has 1 atom stereocenters. The van der Waals surface area contributed by atoms with E-state index in [4.69, 9.17) is 0 Å². The highest BCUT2D eigenvalue weighted by molar-refractivity contribution is 14.2. The van der Waals surface area contributed by atoms with Gasteiger partial charge in [-0.25, -0.2) is 13.1 Å². The van der Waals surface area contributed by atoms with Crippen LogP contribution in [0.25, 0.3) is 22.4 Å². The number of aryl methyl sites for hydroxylation is 1. The third-order valence-corrected chi connectivity index (χ3v) is 9.04. The normalized spacial score (nSPS) is 13.0. The van der Waals surface area contributed by atoms with E-state index in [1.807, 2.05) is 40.1 Å². The van der Waals surface area contributed by atoms with E-state index in [1.54, 1.807) is 12.4 Å². The second-order valence-corrected chi connectivity index (χ2v) is 11.4. The van der Waals surface area contributed by atoms with Gasteiger partial charge in [0.25, 0.3) is 0 Å². The standard InChI is InChI=1S/C25H19IN6S/c1-15(18-4-3-5-19(9-18)21-8-17(12-27)13-28-14-21)29-25-11-23(30-16(2)31-25)20-6-7-22-24(10-20)33-26-32-22/h3-11,13-15H,1-2H3,(H,29,30,31). The summed E-state index contributed by atoms with van der Waals surface area (Å²) in [4.78, 5) is 14.7. The first-order valence-corrected chi connectivity index (χ1v) is 14.7. The Morgan fingerprint density at radius 1 is 1.00 bits per heavy atom. The van der Waals surface area contributed by atoms with E-state index in [0.29, 0.717) is 5.56 Å². The smallest absolute Gasteiger partial charge is 0.130 e. The third-order valence-electron chi connectivity index (χ3n) is 5.29. The number of anilines is 1. The number of hydrogen-bond donors (Lipinski definition) is 1. The molecule has 0 bridgehead atoms. The summed E-state index contributed by atoms with van der Waals surface area (Å²) >= 11 is -0.168. The Balaban J connectivity index is 1.40. The minimum atomic E-state index is -0.168. The Morgan fingerprint density at radius 3 is 2.79 bits per heavy atom. The highest BCUT2D eigenvalue weighted by Gasteiger charge is 2.13. The van der Waals surface area contributed by atoms with Crippen molar-refractivity contribution >= 4 is 40.1 Å². The van der Waals surface area contributed by atoms with Crippen molar-refractivity contribution in [2.24, 2.45) is 3.15 Å². The molecule has 1 aliphatic heterocycles. The first kappa shape index (κ1) is 21.7. The lowest BCUT2D eigenvalue weighted by atomic mass is 10.0. The molecule has 8 heteroatoms. The van der Waals surface area contributed by atoms with Crippen LogP contribution in [0, 0.1) is 18.3 Å². The van der Waals surface area contributed by atoms with Crippen LogP contribution >= 0.6 is 28.6 Å². The number of benzene rings is 2. The lowest BCUT2D eigenvalue weighted by Gasteiger charge is -2.17. The van der Waals surface area contributed by atoms with Gasteiger partial charge < -0.3 is 5.32 Å². The van der Waals surface area contributed by atoms with Gasteiger partial charge in [0.15, 0.2) is 0 Å². The van der Waals surface area contributed by atoms with Crippen molar-refractivity contribution in [1.29, 1.82) is 5.26 Å². The maximum atomic E-state index is 9.17. The number of nitrogens with one attached hydrogen (secondary N) is 1. The van der Waals surface area contributed by atoms with Gasteiger partial charge >= 0.3 is 0 Å². The molecule has 5 rings (SSSR count). The summed E-state index contributed by atoms with van der Waals surface area (Å²) < 4.78 is 4.59. The number of pyridine rings is 1. The molecule has 0 fully saturated rings. The molecular formula is C25H19IN6S. The molecule has 162 valence electrons. The number of nitriles is 1. The first-order valence-electron chi connectivity index (χ1n) is 10.3. The van der Waals surface area contributed by atoms with Gasteiger partial charge in [-0.05, 0) is 58.2 Å². The van der Waals surface area contributed by atoms with Crippen molar-refractivity contribution in [3.8, 4) is 28.5 Å². The largest absolute Gasteiger partial charge is 0.363 e. The summed E-state index contributed by atoms with van der Waals surface area (Å²) in [6, 6.07) is 20.6. The first-order chi connectivity index (χ1) is 16.1. The van der Waals surface area contributed by atoms with Crippen molar-refractivity contribution in [2.45, 2.75) is 24.8 Å². The molecule has 33 heavy (non-hydrogen) atoms. The van der Waals surface area contributed by atoms with E-state index in [9.17, 15) is 5.26 Å². The molecule has 0 aliphatic carbocycles. The Hall–Kier alpha value is -3.16. The summed E-state index contributed by atoms with van der Waals surface area (Å²) in [5, 5.41) is 12.7. The van der Waals surface area contributed by atoms with E-state index < -0.39 is 0 Å². The summed E-state index contributed by atoms with van der Waals surface area (Å²) in [6.07, 6.45) is 3.35. The van der Waals surface area contributed by atoms with Gasteiger partial charge in [-0.2, -0.15) is 5.26 Å². The van der Waals surface area contributed by atoms with Crippen LogP contribution in [0.5, 0.6) is 0 Å². The molecule has 3 heterocycles. The van der Waals surface area contributed by atoms with Crippen LogP contribution in [0.3, 0.4) is 0 Å². The monoisotopic (exact) mass is 562 g/mol. The fraction of sp³-hybridized carbons (Fsp3) is 0.120. The van der Waals surface area contributed by atoms with Crippen molar-refractivity contribution < 1.29 is 0 Å². The Kier molecular flexibility index (Phi) is 6.15. The van der Waals surface area contributed by atoms with E-state index >= 15 is 0 Å². The van der Waals surface area contributed by atoms with E-state index in [2.05, 4.69) is 66.7 Å². The molecule has 0 radical (unpaired) electrons. The zero-order valence-corrected chi connectivity index (χ0v) is 20.9. The Labute approximate surface area is 205 Å². The van der Waals surface area contributed by atoms with Gasteiger partial charge in [0.05, 0.1) is 36.6 Å². The van der Waals surface area contributed by atoms with E-state index in [-0.39, 0.29) is 25.7 Å². The van der Waals surface area contributed by atoms with Crippen LogP contribution in [0.2, 0.25) is 0 Å². The van der Waals surface area contributed by atoms with Crippen LogP contribution in [-0.2, 0) is 0 Å². The Morgan fingerprint density at radius 2 is 1.91 bits per heavy atom. The van der Waals surface area contributed by atoms with Gasteiger partial charge in [-0.1, -0.05) is 24.3 Å². The van der Waals surface area contributed by atoms with Crippen molar-refractivity contribution in [1.82, 2.24) is 15.0 Å². The summed E-state index contributed by atoms with van der Waals surface area (Å²) in [7, 11) is 1.86. The molecule has 4 aromatic rings. The van der Waals surface area contributed by atoms with Crippen LogP contribution in [0.4, 0.5) is 11.5 Å². The third kappa shape index (κ3) is 4.79. The van der Waals surface area contributed by atoms with Gasteiger partial charge in [0.2, 0.25) is 0 Å². The molecule has 1 N–H and O–H groups in total. The predicted molar refractivity (Wildman–Crippen MR) is 141 cm³/mol. The van der Waals surface area contributed by atoms with Crippen molar-refractivity contribution in [3.63, 3.8) is 0 Å². The van der Waals surface area contributed by atoms with Crippen LogP contribution in [-0.4, -0.2) is 15.0 Å². The molecule has 6 nitrogen and oxygen atoms in total. The number of rotatable bonds is 5. The molecule has 0 saturated heterocycles. The second kappa shape index (κ2) is 9.37. The highest BCUT2D eigenvalue weighted by Crippen LogP contribution is 2.48. The lowest BCUT2D eigenvalue weighted by Crippen LogP contribution is -2.09. The topological polar surface area (TPSA) is 86.9 Å². The van der Waals surface area contributed by atoms with Crippen LogP contribution < -0.4 is 5.32 Å². The molecule has 2 aromatic heterocycles. The quantitative estimate of drug-likeness (QED) is 0.256. The maximum absolute atomic E-state index is 9.17. The SMILES string of the molecule is Cc1nc(NC(C)c2cccc(-c3cncc(C#N)c3)c2)cc(-c2ccc3c(c2)SI=N3)n1. The molecule has 0 amide bonds. The number of fused-ring (bicyclic) bond motifs is 1. The summed E-state index contributed by atoms with van der Waals surface area (Å²) in [5.41, 5.74) is 6.70. The molecular weight excluding hydrogens is 543 g/mol. The van der Waals surface area contributed by atoms with Gasteiger partial charge in [-0.3, -0.25) is 4.98 Å². The fourth-order valence-electron chi connectivity index (χ4n) is 3.64. The second-order valence-electron chi connectivity index (χ2n) is 7.66. The predicted octanol–water partition coefficient (Wildman–Crippen LogP) is 7.37. The van der Waals surface area contributed by atoms with Gasteiger partial charge in [0.1, 0.15) is 17.7 Å². The Bertz CT molecular complexity index is 1430. The van der Waals surface area contributed by atoms with Gasteiger partial charge in [-0.15, -0.1) is 0 Å². The summed E-state index contributed by atoms with van der Waals surface area (Å²) in [5.74, 6) is 1.51. The number of aromatic nitrogens is 3. The summed E-state index contributed by atoms with van der Waals surface area (Å²) in [6.45, 7) is 4.02. The number of halogens is 1. The average molecular weight is 562 g/mol. The van der Waals surface area contributed by atoms with Crippen molar-refractivity contribution in [2.75, 3.05) is 5.32 Å². The fourth-order valence-corrected chi connectivity index (χ4v) is 7.40. The minimum Gasteiger partial charge on any atom is -0.363 e.